The summed E-state index contributed by atoms with van der Waals surface area (Å²) in [7, 11) is 0. The van der Waals surface area contributed by atoms with Gasteiger partial charge in [-0.1, -0.05) is 133 Å². The Kier molecular flexibility index (Phi) is 6.73. The molecule has 2 nitrogen and oxygen atoms in total. The molecule has 8 aromatic rings. The highest BCUT2D eigenvalue weighted by atomic mass is 15.0. The van der Waals surface area contributed by atoms with Crippen molar-refractivity contribution in [3.05, 3.63) is 175 Å². The minimum absolute atomic E-state index is 1.08. The third kappa shape index (κ3) is 4.87. The summed E-state index contributed by atoms with van der Waals surface area (Å²) in [6.45, 7) is 2.17. The summed E-state index contributed by atoms with van der Waals surface area (Å²) in [5, 5.41) is 6.34. The largest absolute Gasteiger partial charge is 0.355 e. The van der Waals surface area contributed by atoms with E-state index in [0.29, 0.717) is 0 Å². The molecule has 1 aromatic heterocycles. The highest BCUT2D eigenvalue weighted by molar-refractivity contribution is 6.09. The summed E-state index contributed by atoms with van der Waals surface area (Å²) >= 11 is 0. The van der Waals surface area contributed by atoms with Crippen LogP contribution in [-0.4, -0.2) is 4.57 Å². The molecule has 2 heteroatoms. The van der Waals surface area contributed by atoms with Crippen molar-refractivity contribution in [2.75, 3.05) is 5.32 Å². The van der Waals surface area contributed by atoms with Crippen LogP contribution in [-0.2, 0) is 0 Å². The summed E-state index contributed by atoms with van der Waals surface area (Å²) in [5.41, 5.74) is 14.2. The predicted molar refractivity (Wildman–Crippen MR) is 192 cm³/mol. The predicted octanol–water partition coefficient (Wildman–Crippen LogP) is 11.8. The lowest BCUT2D eigenvalue weighted by atomic mass is 9.93. The van der Waals surface area contributed by atoms with E-state index in [1.807, 2.05) is 0 Å². The maximum atomic E-state index is 3.79. The average Bonchev–Trinajstić information content (AvgIpc) is 3.44. The lowest BCUT2D eigenvalue weighted by Gasteiger charge is -2.17. The van der Waals surface area contributed by atoms with E-state index >= 15 is 0 Å². The van der Waals surface area contributed by atoms with E-state index < -0.39 is 0 Å². The Labute approximate surface area is 263 Å². The van der Waals surface area contributed by atoms with Gasteiger partial charge in [-0.2, -0.15) is 0 Å². The van der Waals surface area contributed by atoms with Gasteiger partial charge in [0.05, 0.1) is 11.0 Å². The standard InChI is InChI=1S/C43H32N2/c1-30-23-24-33(36-16-6-5-15-35(36)31-13-3-2-4-14-31)29-41(30)44-40-20-10-7-17-37(40)32-25-27-34(28-26-32)45-42-21-11-8-18-38(42)39-19-9-12-22-43(39)45/h2-29,44H,1H3. The van der Waals surface area contributed by atoms with Gasteiger partial charge in [-0.25, -0.2) is 0 Å². The molecular formula is C43H32N2. The third-order valence-corrected chi connectivity index (χ3v) is 8.77. The lowest BCUT2D eigenvalue weighted by Crippen LogP contribution is -1.97. The first-order valence-corrected chi connectivity index (χ1v) is 15.5. The van der Waals surface area contributed by atoms with Gasteiger partial charge in [-0.05, 0) is 76.7 Å². The van der Waals surface area contributed by atoms with Crippen LogP contribution in [0.5, 0.6) is 0 Å². The molecule has 0 radical (unpaired) electrons. The molecule has 0 aliphatic heterocycles. The van der Waals surface area contributed by atoms with E-state index in [2.05, 4.69) is 187 Å². The monoisotopic (exact) mass is 576 g/mol. The van der Waals surface area contributed by atoms with Crippen LogP contribution < -0.4 is 5.32 Å². The highest BCUT2D eigenvalue weighted by Gasteiger charge is 2.13. The molecule has 0 spiro atoms. The topological polar surface area (TPSA) is 17.0 Å². The van der Waals surface area contributed by atoms with Crippen LogP contribution in [0, 0.1) is 6.92 Å². The SMILES string of the molecule is Cc1ccc(-c2ccccc2-c2ccccc2)cc1Nc1ccccc1-c1ccc(-n2c3ccccc3c3ccccc32)cc1. The van der Waals surface area contributed by atoms with Gasteiger partial charge in [0.25, 0.3) is 0 Å². The summed E-state index contributed by atoms with van der Waals surface area (Å²) in [5.74, 6) is 0. The van der Waals surface area contributed by atoms with E-state index in [0.717, 1.165) is 17.1 Å². The van der Waals surface area contributed by atoms with Gasteiger partial charge in [0.2, 0.25) is 0 Å². The van der Waals surface area contributed by atoms with Crippen LogP contribution >= 0.6 is 0 Å². The van der Waals surface area contributed by atoms with Crippen molar-refractivity contribution < 1.29 is 0 Å². The fourth-order valence-electron chi connectivity index (χ4n) is 6.51. The van der Waals surface area contributed by atoms with Crippen molar-refractivity contribution >= 4 is 33.2 Å². The number of nitrogens with zero attached hydrogens (tertiary/aromatic N) is 1. The zero-order valence-corrected chi connectivity index (χ0v) is 25.1. The Morgan fingerprint density at radius 2 is 0.911 bits per heavy atom. The lowest BCUT2D eigenvalue weighted by molar-refractivity contribution is 1.18. The van der Waals surface area contributed by atoms with Crippen LogP contribution in [0.15, 0.2) is 170 Å². The van der Waals surface area contributed by atoms with Gasteiger partial charge in [0, 0.05) is 33.4 Å². The number of rotatable bonds is 6. The Bertz CT molecular complexity index is 2240. The first kappa shape index (κ1) is 26.7. The Hall–Kier alpha value is -5.86. The van der Waals surface area contributed by atoms with Gasteiger partial charge < -0.3 is 9.88 Å². The van der Waals surface area contributed by atoms with E-state index in [9.17, 15) is 0 Å². The summed E-state index contributed by atoms with van der Waals surface area (Å²) < 4.78 is 2.36. The van der Waals surface area contributed by atoms with Crippen LogP contribution in [0.3, 0.4) is 0 Å². The maximum Gasteiger partial charge on any atom is 0.0541 e. The average molecular weight is 577 g/mol. The van der Waals surface area contributed by atoms with Crippen molar-refractivity contribution in [2.24, 2.45) is 0 Å². The third-order valence-electron chi connectivity index (χ3n) is 8.77. The van der Waals surface area contributed by atoms with Crippen molar-refractivity contribution in [2.45, 2.75) is 6.92 Å². The Morgan fingerprint density at radius 1 is 0.400 bits per heavy atom. The highest BCUT2D eigenvalue weighted by Crippen LogP contribution is 2.37. The van der Waals surface area contributed by atoms with Crippen molar-refractivity contribution in [1.29, 1.82) is 0 Å². The minimum Gasteiger partial charge on any atom is -0.355 e. The molecule has 7 aromatic carbocycles. The second-order valence-electron chi connectivity index (χ2n) is 11.5. The number of aryl methyl sites for hydroxylation is 1. The Morgan fingerprint density at radius 3 is 1.60 bits per heavy atom. The van der Waals surface area contributed by atoms with Crippen LogP contribution in [0.1, 0.15) is 5.56 Å². The van der Waals surface area contributed by atoms with E-state index in [1.165, 1.54) is 60.8 Å². The second kappa shape index (κ2) is 11.3. The van der Waals surface area contributed by atoms with Crippen molar-refractivity contribution in [3.63, 3.8) is 0 Å². The van der Waals surface area contributed by atoms with Gasteiger partial charge in [0.15, 0.2) is 0 Å². The van der Waals surface area contributed by atoms with Crippen molar-refractivity contribution in [1.82, 2.24) is 4.57 Å². The zero-order chi connectivity index (χ0) is 30.2. The first-order chi connectivity index (χ1) is 22.2. The van der Waals surface area contributed by atoms with E-state index in [-0.39, 0.29) is 0 Å². The van der Waals surface area contributed by atoms with Crippen LogP contribution in [0.25, 0.3) is 60.9 Å². The van der Waals surface area contributed by atoms with Crippen LogP contribution in [0.4, 0.5) is 11.4 Å². The maximum absolute atomic E-state index is 3.79. The molecule has 0 bridgehead atoms. The molecule has 8 rings (SSSR count). The number of anilines is 2. The molecule has 0 aliphatic carbocycles. The van der Waals surface area contributed by atoms with Gasteiger partial charge in [0.1, 0.15) is 0 Å². The number of benzene rings is 7. The first-order valence-electron chi connectivity index (χ1n) is 15.5. The molecule has 0 saturated heterocycles. The number of hydrogen-bond acceptors (Lipinski definition) is 1. The van der Waals surface area contributed by atoms with Gasteiger partial charge in [-0.15, -0.1) is 0 Å². The number of para-hydroxylation sites is 3. The number of hydrogen-bond donors (Lipinski definition) is 1. The molecule has 0 atom stereocenters. The fraction of sp³-hybridized carbons (Fsp3) is 0.0233. The molecule has 0 amide bonds. The molecule has 0 unspecified atom stereocenters. The smallest absolute Gasteiger partial charge is 0.0541 e. The molecule has 214 valence electrons. The molecule has 0 aliphatic rings. The molecule has 0 saturated carbocycles. The second-order valence-corrected chi connectivity index (χ2v) is 11.5. The van der Waals surface area contributed by atoms with E-state index in [1.54, 1.807) is 0 Å². The summed E-state index contributed by atoms with van der Waals surface area (Å²) in [6, 6.07) is 60.8. The fourth-order valence-corrected chi connectivity index (χ4v) is 6.51. The zero-order valence-electron chi connectivity index (χ0n) is 25.1. The van der Waals surface area contributed by atoms with E-state index in [4.69, 9.17) is 0 Å². The number of fused-ring (bicyclic) bond motifs is 3. The molecule has 0 fully saturated rings. The number of nitrogens with one attached hydrogen (secondary N) is 1. The minimum atomic E-state index is 1.08. The molecular weight excluding hydrogens is 544 g/mol. The quantitative estimate of drug-likeness (QED) is 0.208. The summed E-state index contributed by atoms with van der Waals surface area (Å²) in [4.78, 5) is 0. The molecule has 1 heterocycles. The van der Waals surface area contributed by atoms with Crippen molar-refractivity contribution in [3.8, 4) is 39.1 Å². The summed E-state index contributed by atoms with van der Waals surface area (Å²) in [6.07, 6.45) is 0. The molecule has 45 heavy (non-hydrogen) atoms. The normalized spacial score (nSPS) is 11.2. The van der Waals surface area contributed by atoms with Gasteiger partial charge >= 0.3 is 0 Å². The molecule has 1 N–H and O–H groups in total. The number of aromatic nitrogens is 1. The Balaban J connectivity index is 1.15. The van der Waals surface area contributed by atoms with Crippen LogP contribution in [0.2, 0.25) is 0 Å². The van der Waals surface area contributed by atoms with Gasteiger partial charge in [-0.3, -0.25) is 0 Å².